The van der Waals surface area contributed by atoms with Crippen molar-refractivity contribution in [2.24, 2.45) is 5.41 Å². The van der Waals surface area contributed by atoms with Crippen molar-refractivity contribution in [2.45, 2.75) is 47.2 Å². The third-order valence-electron chi connectivity index (χ3n) is 3.68. The number of rotatable bonds is 5. The fraction of sp³-hybridized carbons (Fsp3) is 0.667. The van der Waals surface area contributed by atoms with Crippen molar-refractivity contribution >= 4 is 5.82 Å². The molecule has 4 heteroatoms. The zero-order valence-corrected chi connectivity index (χ0v) is 12.9. The summed E-state index contributed by atoms with van der Waals surface area (Å²) in [6.07, 6.45) is 1.68. The zero-order chi connectivity index (χ0) is 14.6. The van der Waals surface area contributed by atoms with Gasteiger partial charge in [-0.15, -0.1) is 0 Å². The van der Waals surface area contributed by atoms with E-state index in [1.807, 2.05) is 18.9 Å². The summed E-state index contributed by atoms with van der Waals surface area (Å²) in [5.74, 6) is 0.208. The molecule has 1 aromatic rings. The lowest BCUT2D eigenvalue weighted by molar-refractivity contribution is 0.326. The Morgan fingerprint density at radius 3 is 2.58 bits per heavy atom. The third-order valence-corrected chi connectivity index (χ3v) is 3.68. The van der Waals surface area contributed by atoms with Gasteiger partial charge in [-0.25, -0.2) is 9.37 Å². The smallest absolute Gasteiger partial charge is 0.170 e. The molecule has 0 aliphatic carbocycles. The molecule has 1 N–H and O–H groups in total. The van der Waals surface area contributed by atoms with Crippen LogP contribution in [0.25, 0.3) is 0 Å². The van der Waals surface area contributed by atoms with Crippen LogP contribution in [0, 0.1) is 11.2 Å². The molecule has 0 saturated carbocycles. The Morgan fingerprint density at radius 2 is 2.05 bits per heavy atom. The van der Waals surface area contributed by atoms with Crippen molar-refractivity contribution in [2.75, 3.05) is 18.5 Å². The first-order valence-corrected chi connectivity index (χ1v) is 6.86. The Hall–Kier alpha value is -1.16. The highest BCUT2D eigenvalue weighted by atomic mass is 19.1. The summed E-state index contributed by atoms with van der Waals surface area (Å²) in [7, 11) is 1.90. The van der Waals surface area contributed by atoms with E-state index in [4.69, 9.17) is 0 Å². The normalized spacial score (nSPS) is 13.4. The fourth-order valence-corrected chi connectivity index (χ4v) is 1.88. The Morgan fingerprint density at radius 1 is 1.42 bits per heavy atom. The minimum absolute atomic E-state index is 0.0700. The van der Waals surface area contributed by atoms with Crippen LogP contribution in [0.1, 0.15) is 40.2 Å². The van der Waals surface area contributed by atoms with Crippen LogP contribution in [-0.2, 0) is 6.54 Å². The highest BCUT2D eigenvalue weighted by Crippen LogP contribution is 2.28. The van der Waals surface area contributed by atoms with Gasteiger partial charge in [-0.3, -0.25) is 0 Å². The van der Waals surface area contributed by atoms with Gasteiger partial charge in [0.15, 0.2) is 11.6 Å². The molecular weight excluding hydrogens is 241 g/mol. The predicted octanol–water partition coefficient (Wildman–Crippen LogP) is 3.20. The van der Waals surface area contributed by atoms with E-state index in [-0.39, 0.29) is 17.3 Å². The summed E-state index contributed by atoms with van der Waals surface area (Å²) in [4.78, 5) is 6.13. The van der Waals surface area contributed by atoms with E-state index in [2.05, 4.69) is 38.0 Å². The van der Waals surface area contributed by atoms with Crippen LogP contribution in [0.4, 0.5) is 10.2 Å². The molecule has 0 saturated heterocycles. The molecule has 0 aliphatic heterocycles. The quantitative estimate of drug-likeness (QED) is 0.888. The first-order valence-electron chi connectivity index (χ1n) is 6.86. The van der Waals surface area contributed by atoms with Gasteiger partial charge in [0.2, 0.25) is 0 Å². The lowest BCUT2D eigenvalue weighted by Crippen LogP contribution is -2.40. The van der Waals surface area contributed by atoms with Gasteiger partial charge in [0.25, 0.3) is 0 Å². The van der Waals surface area contributed by atoms with E-state index >= 15 is 0 Å². The number of pyridine rings is 1. The van der Waals surface area contributed by atoms with Crippen LogP contribution >= 0.6 is 0 Å². The van der Waals surface area contributed by atoms with E-state index < -0.39 is 0 Å². The van der Waals surface area contributed by atoms with Crippen LogP contribution < -0.4 is 10.2 Å². The molecule has 0 aromatic carbocycles. The van der Waals surface area contributed by atoms with Crippen molar-refractivity contribution in [1.82, 2.24) is 10.3 Å². The molecule has 1 atom stereocenters. The lowest BCUT2D eigenvalue weighted by Gasteiger charge is -2.36. The molecule has 3 nitrogen and oxygen atoms in total. The first kappa shape index (κ1) is 15.9. The second-order valence-electron chi connectivity index (χ2n) is 6.04. The number of nitrogens with zero attached hydrogens (tertiary/aromatic N) is 2. The van der Waals surface area contributed by atoms with Gasteiger partial charge < -0.3 is 10.2 Å². The second kappa shape index (κ2) is 6.33. The van der Waals surface area contributed by atoms with Crippen LogP contribution in [-0.4, -0.2) is 24.6 Å². The van der Waals surface area contributed by atoms with Crippen molar-refractivity contribution in [3.05, 3.63) is 23.6 Å². The summed E-state index contributed by atoms with van der Waals surface area (Å²) < 4.78 is 14.5. The number of hydrogen-bond donors (Lipinski definition) is 1. The van der Waals surface area contributed by atoms with E-state index in [0.717, 1.165) is 6.54 Å². The van der Waals surface area contributed by atoms with E-state index in [1.54, 1.807) is 12.3 Å². The average Bonchev–Trinajstić information content (AvgIpc) is 2.35. The second-order valence-corrected chi connectivity index (χ2v) is 6.04. The predicted molar refractivity (Wildman–Crippen MR) is 78.9 cm³/mol. The summed E-state index contributed by atoms with van der Waals surface area (Å²) in [5.41, 5.74) is 0.736. The first-order chi connectivity index (χ1) is 8.79. The van der Waals surface area contributed by atoms with Gasteiger partial charge in [0.1, 0.15) is 0 Å². The highest BCUT2D eigenvalue weighted by Gasteiger charge is 2.26. The molecule has 0 amide bonds. The lowest BCUT2D eigenvalue weighted by atomic mass is 9.87. The maximum atomic E-state index is 14.5. The molecule has 1 unspecified atom stereocenters. The topological polar surface area (TPSA) is 28.2 Å². The number of aromatic nitrogens is 1. The van der Waals surface area contributed by atoms with Gasteiger partial charge in [-0.05, 0) is 24.9 Å². The summed E-state index contributed by atoms with van der Waals surface area (Å²) in [6, 6.07) is 1.93. The highest BCUT2D eigenvalue weighted by molar-refractivity contribution is 5.43. The van der Waals surface area contributed by atoms with Crippen molar-refractivity contribution in [1.29, 1.82) is 0 Å². The molecule has 1 rings (SSSR count). The van der Waals surface area contributed by atoms with Crippen LogP contribution in [0.2, 0.25) is 0 Å². The molecule has 1 aromatic heterocycles. The molecule has 0 radical (unpaired) electrons. The SMILES string of the molecule is CCNCc1ccnc(N(C)C(C)C(C)(C)C)c1F. The standard InChI is InChI=1S/C15H26FN3/c1-7-17-10-12-8-9-18-14(13(12)16)19(6)11(2)15(3,4)5/h8-9,11,17H,7,10H2,1-6H3. The van der Waals surface area contributed by atoms with Gasteiger partial charge >= 0.3 is 0 Å². The minimum atomic E-state index is -0.220. The monoisotopic (exact) mass is 267 g/mol. The summed E-state index contributed by atoms with van der Waals surface area (Å²) in [6.45, 7) is 11.9. The van der Waals surface area contributed by atoms with Gasteiger partial charge in [0.05, 0.1) is 0 Å². The Balaban J connectivity index is 3.00. The Bertz CT molecular complexity index is 412. The van der Waals surface area contributed by atoms with Crippen molar-refractivity contribution in [3.63, 3.8) is 0 Å². The third kappa shape index (κ3) is 3.90. The van der Waals surface area contributed by atoms with E-state index in [9.17, 15) is 4.39 Å². The number of hydrogen-bond acceptors (Lipinski definition) is 3. The fourth-order valence-electron chi connectivity index (χ4n) is 1.88. The zero-order valence-electron chi connectivity index (χ0n) is 12.9. The molecule has 1 heterocycles. The number of halogens is 1. The van der Waals surface area contributed by atoms with Crippen LogP contribution in [0.15, 0.2) is 12.3 Å². The van der Waals surface area contributed by atoms with E-state index in [1.165, 1.54) is 0 Å². The molecule has 0 spiro atoms. The van der Waals surface area contributed by atoms with Gasteiger partial charge in [-0.2, -0.15) is 0 Å². The number of anilines is 1. The van der Waals surface area contributed by atoms with Crippen LogP contribution in [0.3, 0.4) is 0 Å². The van der Waals surface area contributed by atoms with E-state index in [0.29, 0.717) is 17.9 Å². The van der Waals surface area contributed by atoms with Gasteiger partial charge in [-0.1, -0.05) is 27.7 Å². The maximum absolute atomic E-state index is 14.5. The molecule has 0 fully saturated rings. The van der Waals surface area contributed by atoms with Crippen molar-refractivity contribution in [3.8, 4) is 0 Å². The molecular formula is C15H26FN3. The molecule has 19 heavy (non-hydrogen) atoms. The maximum Gasteiger partial charge on any atom is 0.170 e. The molecule has 0 aliphatic rings. The Kier molecular flexibility index (Phi) is 5.29. The summed E-state index contributed by atoms with van der Waals surface area (Å²) >= 11 is 0. The largest absolute Gasteiger partial charge is 0.354 e. The minimum Gasteiger partial charge on any atom is -0.354 e. The van der Waals surface area contributed by atoms with Crippen molar-refractivity contribution < 1.29 is 4.39 Å². The number of nitrogens with one attached hydrogen (secondary N) is 1. The average molecular weight is 267 g/mol. The molecule has 0 bridgehead atoms. The molecule has 108 valence electrons. The Labute approximate surface area is 116 Å². The van der Waals surface area contributed by atoms with Gasteiger partial charge in [0, 0.05) is 31.4 Å². The summed E-state index contributed by atoms with van der Waals surface area (Å²) in [5, 5.41) is 3.14. The van der Waals surface area contributed by atoms with Crippen LogP contribution in [0.5, 0.6) is 0 Å².